The van der Waals surface area contributed by atoms with Gasteiger partial charge in [0.2, 0.25) is 10.0 Å². The molecule has 1 aromatic rings. The molecule has 4 nitrogen and oxygen atoms in total. The van der Waals surface area contributed by atoms with Crippen LogP contribution in [0.5, 0.6) is 0 Å². The first-order valence-electron chi connectivity index (χ1n) is 5.30. The van der Waals surface area contributed by atoms with Crippen LogP contribution >= 0.6 is 27.3 Å². The maximum Gasteiger partial charge on any atom is 0.241 e. The van der Waals surface area contributed by atoms with Crippen molar-refractivity contribution in [3.63, 3.8) is 0 Å². The third-order valence-corrected chi connectivity index (χ3v) is 6.54. The third kappa shape index (κ3) is 4.73. The van der Waals surface area contributed by atoms with Gasteiger partial charge in [0.25, 0.3) is 0 Å². The van der Waals surface area contributed by atoms with E-state index in [9.17, 15) is 12.6 Å². The van der Waals surface area contributed by atoms with Crippen molar-refractivity contribution < 1.29 is 12.6 Å². The molecule has 0 saturated heterocycles. The summed E-state index contributed by atoms with van der Waals surface area (Å²) in [5.74, 6) is 0.496. The zero-order valence-corrected chi connectivity index (χ0v) is 14.4. The predicted octanol–water partition coefficient (Wildman–Crippen LogP) is 2.25. The maximum atomic E-state index is 12.1. The van der Waals surface area contributed by atoms with Gasteiger partial charge in [-0.2, -0.15) is 0 Å². The van der Waals surface area contributed by atoms with Gasteiger partial charge in [0.15, 0.2) is 0 Å². The van der Waals surface area contributed by atoms with Crippen molar-refractivity contribution in [2.45, 2.75) is 31.2 Å². The Balaban J connectivity index is 2.76. The van der Waals surface area contributed by atoms with E-state index in [1.807, 2.05) is 0 Å². The average molecular weight is 374 g/mol. The Kier molecular flexibility index (Phi) is 5.98. The Hall–Kier alpha value is 0.240. The minimum absolute atomic E-state index is 0.225. The minimum Gasteiger partial charge on any atom is -0.260 e. The van der Waals surface area contributed by atoms with E-state index in [0.29, 0.717) is 17.1 Å². The van der Waals surface area contributed by atoms with Crippen LogP contribution in [0.3, 0.4) is 0 Å². The van der Waals surface area contributed by atoms with E-state index in [4.69, 9.17) is 0 Å². The Bertz CT molecular complexity index is 539. The summed E-state index contributed by atoms with van der Waals surface area (Å²) in [6.45, 7) is 3.55. The van der Waals surface area contributed by atoms with Crippen LogP contribution in [0.25, 0.3) is 0 Å². The van der Waals surface area contributed by atoms with Crippen LogP contribution in [-0.2, 0) is 20.8 Å². The van der Waals surface area contributed by atoms with Gasteiger partial charge in [-0.25, -0.2) is 13.1 Å². The second kappa shape index (κ2) is 6.60. The molecule has 0 spiro atoms. The highest BCUT2D eigenvalue weighted by Gasteiger charge is 2.21. The van der Waals surface area contributed by atoms with Crippen LogP contribution < -0.4 is 4.72 Å². The molecule has 0 saturated carbocycles. The summed E-state index contributed by atoms with van der Waals surface area (Å²) in [6.07, 6.45) is 2.17. The molecule has 18 heavy (non-hydrogen) atoms. The number of thiophene rings is 1. The lowest BCUT2D eigenvalue weighted by Gasteiger charge is -2.13. The van der Waals surface area contributed by atoms with Gasteiger partial charge in [0.05, 0.1) is 8.68 Å². The Morgan fingerprint density at radius 1 is 1.56 bits per heavy atom. The monoisotopic (exact) mass is 373 g/mol. The molecule has 0 amide bonds. The summed E-state index contributed by atoms with van der Waals surface area (Å²) in [5.41, 5.74) is 0. The van der Waals surface area contributed by atoms with Crippen molar-refractivity contribution in [1.82, 2.24) is 4.72 Å². The molecule has 8 heteroatoms. The van der Waals surface area contributed by atoms with Gasteiger partial charge in [-0.15, -0.1) is 11.3 Å². The molecule has 1 N–H and O–H groups in total. The van der Waals surface area contributed by atoms with Crippen LogP contribution in [0.4, 0.5) is 0 Å². The molecule has 1 aromatic heterocycles. The van der Waals surface area contributed by atoms with Gasteiger partial charge in [-0.05, 0) is 42.3 Å². The maximum absolute atomic E-state index is 12.1. The first-order valence-corrected chi connectivity index (χ1v) is 10.1. The van der Waals surface area contributed by atoms with Crippen molar-refractivity contribution in [2.24, 2.45) is 0 Å². The SMILES string of the molecule is Cc1sc(Br)cc1S(=O)(=O)NC(C)CCS(C)=O. The standard InChI is InChI=1S/C10H16BrNO3S3/c1-7(4-5-17(3)13)12-18(14,15)9-6-10(11)16-8(9)2/h6-7,12H,4-5H2,1-3H3. The van der Waals surface area contributed by atoms with Crippen molar-refractivity contribution in [3.05, 3.63) is 14.7 Å². The number of hydrogen-bond donors (Lipinski definition) is 1. The molecule has 0 aliphatic carbocycles. The van der Waals surface area contributed by atoms with E-state index in [1.165, 1.54) is 11.3 Å². The van der Waals surface area contributed by atoms with E-state index >= 15 is 0 Å². The average Bonchev–Trinajstić information content (AvgIpc) is 2.55. The minimum atomic E-state index is -3.49. The molecule has 2 unspecified atom stereocenters. The summed E-state index contributed by atoms with van der Waals surface area (Å²) in [4.78, 5) is 1.06. The second-order valence-corrected chi connectivity index (χ2v) is 9.93. The predicted molar refractivity (Wildman–Crippen MR) is 80.1 cm³/mol. The highest BCUT2D eigenvalue weighted by atomic mass is 79.9. The fraction of sp³-hybridized carbons (Fsp3) is 0.600. The number of sulfonamides is 1. The first kappa shape index (κ1) is 16.3. The molecular weight excluding hydrogens is 358 g/mol. The molecule has 1 rings (SSSR count). The van der Waals surface area contributed by atoms with E-state index in [1.54, 1.807) is 26.2 Å². The summed E-state index contributed by atoms with van der Waals surface area (Å²) in [6, 6.07) is 1.38. The summed E-state index contributed by atoms with van der Waals surface area (Å²) in [7, 11) is -4.39. The molecule has 0 aliphatic heterocycles. The molecule has 0 aromatic carbocycles. The summed E-state index contributed by atoms with van der Waals surface area (Å²) >= 11 is 4.67. The van der Waals surface area contributed by atoms with Crippen LogP contribution in [0.2, 0.25) is 0 Å². The molecule has 2 atom stereocenters. The number of hydrogen-bond acceptors (Lipinski definition) is 4. The molecule has 0 radical (unpaired) electrons. The lowest BCUT2D eigenvalue weighted by Crippen LogP contribution is -2.33. The van der Waals surface area contributed by atoms with Crippen LogP contribution in [0.1, 0.15) is 18.2 Å². The van der Waals surface area contributed by atoms with Gasteiger partial charge in [0.1, 0.15) is 0 Å². The number of aryl methyl sites for hydroxylation is 1. The molecule has 0 fully saturated rings. The third-order valence-electron chi connectivity index (χ3n) is 2.33. The first-order chi connectivity index (χ1) is 8.22. The molecule has 104 valence electrons. The fourth-order valence-corrected chi connectivity index (χ4v) is 5.81. The molecule has 0 bridgehead atoms. The van der Waals surface area contributed by atoms with E-state index in [2.05, 4.69) is 20.7 Å². The zero-order valence-electron chi connectivity index (χ0n) is 10.4. The normalized spacial score (nSPS) is 15.6. The molecular formula is C10H16BrNO3S3. The van der Waals surface area contributed by atoms with E-state index in [0.717, 1.165) is 8.66 Å². The quantitative estimate of drug-likeness (QED) is 0.831. The van der Waals surface area contributed by atoms with Gasteiger partial charge < -0.3 is 0 Å². The van der Waals surface area contributed by atoms with Crippen molar-refractivity contribution in [2.75, 3.05) is 12.0 Å². The lowest BCUT2D eigenvalue weighted by molar-refractivity contribution is 0.555. The van der Waals surface area contributed by atoms with Crippen LogP contribution in [0, 0.1) is 6.92 Å². The highest BCUT2D eigenvalue weighted by molar-refractivity contribution is 9.11. The van der Waals surface area contributed by atoms with Gasteiger partial charge in [-0.1, -0.05) is 0 Å². The second-order valence-electron chi connectivity index (χ2n) is 4.06. The van der Waals surface area contributed by atoms with Gasteiger partial charge in [-0.3, -0.25) is 4.21 Å². The number of halogens is 1. The zero-order chi connectivity index (χ0) is 13.9. The highest BCUT2D eigenvalue weighted by Crippen LogP contribution is 2.29. The molecule has 0 aliphatic rings. The summed E-state index contributed by atoms with van der Waals surface area (Å²) < 4.78 is 38.6. The largest absolute Gasteiger partial charge is 0.260 e. The summed E-state index contributed by atoms with van der Waals surface area (Å²) in [5, 5.41) is 0. The van der Waals surface area contributed by atoms with E-state index in [-0.39, 0.29) is 6.04 Å². The van der Waals surface area contributed by atoms with Crippen LogP contribution in [0.15, 0.2) is 14.7 Å². The van der Waals surface area contributed by atoms with Gasteiger partial charge >= 0.3 is 0 Å². The Morgan fingerprint density at radius 3 is 2.61 bits per heavy atom. The van der Waals surface area contributed by atoms with Gasteiger partial charge in [0, 0.05) is 33.7 Å². The fourth-order valence-electron chi connectivity index (χ4n) is 1.43. The molecule has 1 heterocycles. The smallest absolute Gasteiger partial charge is 0.241 e. The lowest BCUT2D eigenvalue weighted by atomic mass is 10.3. The number of rotatable bonds is 6. The Morgan fingerprint density at radius 2 is 2.17 bits per heavy atom. The Labute approximate surface area is 123 Å². The number of nitrogens with one attached hydrogen (secondary N) is 1. The van der Waals surface area contributed by atoms with Crippen molar-refractivity contribution in [3.8, 4) is 0 Å². The van der Waals surface area contributed by atoms with Crippen LogP contribution in [-0.4, -0.2) is 30.7 Å². The van der Waals surface area contributed by atoms with Crippen molar-refractivity contribution >= 4 is 48.1 Å². The topological polar surface area (TPSA) is 63.2 Å². The van der Waals surface area contributed by atoms with E-state index < -0.39 is 20.8 Å². The van der Waals surface area contributed by atoms with Crippen molar-refractivity contribution in [1.29, 1.82) is 0 Å².